The van der Waals surface area contributed by atoms with E-state index in [2.05, 4.69) is 12.2 Å². The third-order valence-electron chi connectivity index (χ3n) is 3.95. The molecule has 0 aliphatic heterocycles. The summed E-state index contributed by atoms with van der Waals surface area (Å²) in [7, 11) is -1.68. The molecular formula is C16H17BCl3NO2S. The van der Waals surface area contributed by atoms with E-state index in [-0.39, 0.29) is 16.4 Å². The van der Waals surface area contributed by atoms with Crippen LogP contribution in [0.2, 0.25) is 10.0 Å². The summed E-state index contributed by atoms with van der Waals surface area (Å²) in [6, 6.07) is 2.95. The van der Waals surface area contributed by atoms with Gasteiger partial charge in [0.15, 0.2) is 0 Å². The predicted octanol–water partition coefficient (Wildman–Crippen LogP) is 4.28. The van der Waals surface area contributed by atoms with Crippen molar-refractivity contribution in [1.82, 2.24) is 0 Å². The zero-order valence-corrected chi connectivity index (χ0v) is 16.3. The highest BCUT2D eigenvalue weighted by Gasteiger charge is 2.20. The van der Waals surface area contributed by atoms with Gasteiger partial charge < -0.3 is 15.4 Å². The molecular weight excluding hydrogens is 387 g/mol. The fourth-order valence-electron chi connectivity index (χ4n) is 2.54. The monoisotopic (exact) mass is 403 g/mol. The number of benzene rings is 1. The molecule has 1 aromatic rings. The van der Waals surface area contributed by atoms with E-state index in [0.717, 1.165) is 17.0 Å². The third-order valence-corrected chi connectivity index (χ3v) is 5.32. The summed E-state index contributed by atoms with van der Waals surface area (Å²) in [6.07, 6.45) is 3.42. The quantitative estimate of drug-likeness (QED) is 0.518. The molecule has 1 unspecified atom stereocenters. The van der Waals surface area contributed by atoms with Crippen LogP contribution in [0.5, 0.6) is 0 Å². The van der Waals surface area contributed by atoms with E-state index in [0.29, 0.717) is 22.1 Å². The zero-order chi connectivity index (χ0) is 18.0. The van der Waals surface area contributed by atoms with Crippen molar-refractivity contribution in [3.8, 4) is 0 Å². The van der Waals surface area contributed by atoms with Gasteiger partial charge in [0.2, 0.25) is 0 Å². The Morgan fingerprint density at radius 1 is 1.29 bits per heavy atom. The Balaban J connectivity index is 2.16. The maximum absolute atomic E-state index is 9.34. The molecule has 3 nitrogen and oxygen atoms in total. The minimum atomic E-state index is -1.68. The van der Waals surface area contributed by atoms with Crippen LogP contribution < -0.4 is 10.8 Å². The number of rotatable bonds is 4. The Bertz CT molecular complexity index is 734. The van der Waals surface area contributed by atoms with E-state index in [1.165, 1.54) is 17.7 Å². The molecule has 0 amide bonds. The number of nitrogens with one attached hydrogen (secondary N) is 1. The summed E-state index contributed by atoms with van der Waals surface area (Å²) in [5.74, 6) is 0.281. The number of anilines is 1. The summed E-state index contributed by atoms with van der Waals surface area (Å²) in [5.41, 5.74) is 3.00. The topological polar surface area (TPSA) is 52.5 Å². The number of halogens is 3. The van der Waals surface area contributed by atoms with E-state index in [4.69, 9.17) is 47.0 Å². The van der Waals surface area contributed by atoms with E-state index in [1.54, 1.807) is 0 Å². The average molecular weight is 405 g/mol. The number of hydrogen-bond acceptors (Lipinski definition) is 3. The average Bonchev–Trinajstić information content (AvgIpc) is 2.47. The Morgan fingerprint density at radius 2 is 1.96 bits per heavy atom. The predicted molar refractivity (Wildman–Crippen MR) is 108 cm³/mol. The van der Waals surface area contributed by atoms with Crippen molar-refractivity contribution >= 4 is 70.3 Å². The van der Waals surface area contributed by atoms with Crippen molar-refractivity contribution in [3.05, 3.63) is 44.4 Å². The Labute approximate surface area is 162 Å². The van der Waals surface area contributed by atoms with Crippen LogP contribution in [-0.2, 0) is 0 Å². The summed E-state index contributed by atoms with van der Waals surface area (Å²) in [5, 5.41) is 23.2. The van der Waals surface area contributed by atoms with Crippen molar-refractivity contribution < 1.29 is 10.0 Å². The molecule has 0 radical (unpaired) electrons. The zero-order valence-electron chi connectivity index (χ0n) is 13.2. The lowest BCUT2D eigenvalue weighted by Crippen LogP contribution is -2.31. The minimum Gasteiger partial charge on any atom is -0.423 e. The third kappa shape index (κ3) is 4.75. The number of hydrogen-bond donors (Lipinski definition) is 3. The Hall–Kier alpha value is -0.555. The van der Waals surface area contributed by atoms with Gasteiger partial charge in [0.25, 0.3) is 0 Å². The van der Waals surface area contributed by atoms with E-state index in [1.807, 2.05) is 13.0 Å². The molecule has 0 fully saturated rings. The maximum atomic E-state index is 9.34. The van der Waals surface area contributed by atoms with Crippen LogP contribution in [0.25, 0.3) is 0 Å². The van der Waals surface area contributed by atoms with Crippen LogP contribution in [0, 0.1) is 5.92 Å². The number of allylic oxidation sites excluding steroid dienone is 3. The van der Waals surface area contributed by atoms with Gasteiger partial charge in [-0.2, -0.15) is 0 Å². The first-order chi connectivity index (χ1) is 11.2. The molecule has 0 aromatic heterocycles. The molecule has 0 saturated carbocycles. The van der Waals surface area contributed by atoms with Gasteiger partial charge in [0.05, 0.1) is 15.7 Å². The fourth-order valence-corrected chi connectivity index (χ4v) is 3.59. The first-order valence-corrected chi connectivity index (χ1v) is 8.94. The van der Waals surface area contributed by atoms with Gasteiger partial charge in [-0.1, -0.05) is 65.1 Å². The fraction of sp³-hybridized carbons (Fsp3) is 0.312. The summed E-state index contributed by atoms with van der Waals surface area (Å²) < 4.78 is 0. The van der Waals surface area contributed by atoms with Crippen molar-refractivity contribution in [2.24, 2.45) is 5.92 Å². The smallest absolute Gasteiger partial charge is 0.423 e. The van der Waals surface area contributed by atoms with Gasteiger partial charge in [0.1, 0.15) is 0 Å². The number of thiocarbonyl (C=S) groups is 1. The largest absolute Gasteiger partial charge is 0.490 e. The molecule has 3 N–H and O–H groups in total. The second-order valence-electron chi connectivity index (χ2n) is 5.87. The highest BCUT2D eigenvalue weighted by Crippen LogP contribution is 2.33. The SMILES string of the molecule is CC1=C(CC(=S)Nc2cc(B(O)O)c(Cl)cc2Cl)CC(C)C(Cl)=C1. The van der Waals surface area contributed by atoms with Crippen LogP contribution in [0.15, 0.2) is 34.4 Å². The molecule has 0 bridgehead atoms. The van der Waals surface area contributed by atoms with Gasteiger partial charge in [-0.15, -0.1) is 0 Å². The van der Waals surface area contributed by atoms with E-state index < -0.39 is 7.12 Å². The molecule has 24 heavy (non-hydrogen) atoms. The van der Waals surface area contributed by atoms with Crippen molar-refractivity contribution in [3.63, 3.8) is 0 Å². The molecule has 1 atom stereocenters. The highest BCUT2D eigenvalue weighted by molar-refractivity contribution is 7.80. The molecule has 0 heterocycles. The van der Waals surface area contributed by atoms with Gasteiger partial charge in [0, 0.05) is 21.9 Å². The highest BCUT2D eigenvalue weighted by atomic mass is 35.5. The molecule has 1 aliphatic carbocycles. The Kier molecular flexibility index (Phi) is 6.77. The molecule has 0 spiro atoms. The van der Waals surface area contributed by atoms with Crippen LogP contribution >= 0.6 is 47.0 Å². The first-order valence-electron chi connectivity index (χ1n) is 7.39. The van der Waals surface area contributed by atoms with Crippen LogP contribution in [0.3, 0.4) is 0 Å². The Morgan fingerprint density at radius 3 is 2.58 bits per heavy atom. The lowest BCUT2D eigenvalue weighted by molar-refractivity contribution is 0.426. The van der Waals surface area contributed by atoms with E-state index in [9.17, 15) is 10.0 Å². The van der Waals surface area contributed by atoms with Crippen LogP contribution in [0.1, 0.15) is 26.7 Å². The van der Waals surface area contributed by atoms with Gasteiger partial charge in [-0.3, -0.25) is 0 Å². The van der Waals surface area contributed by atoms with Crippen molar-refractivity contribution in [1.29, 1.82) is 0 Å². The van der Waals surface area contributed by atoms with Gasteiger partial charge >= 0.3 is 7.12 Å². The lowest BCUT2D eigenvalue weighted by atomic mass is 9.80. The van der Waals surface area contributed by atoms with Gasteiger partial charge in [-0.05, 0) is 37.5 Å². The molecule has 2 rings (SSSR count). The standard InChI is InChI=1S/C16H17BCl3NO2S/c1-8-4-12(18)9(2)3-10(8)5-16(24)21-15-6-11(17(22)23)13(19)7-14(15)20/h4,6-7,9,22-23H,3,5H2,1-2H3,(H,21,24). The molecule has 1 aliphatic rings. The van der Waals surface area contributed by atoms with Crippen molar-refractivity contribution in [2.45, 2.75) is 26.7 Å². The van der Waals surface area contributed by atoms with Gasteiger partial charge in [-0.25, -0.2) is 0 Å². The summed E-state index contributed by atoms with van der Waals surface area (Å²) in [4.78, 5) is 0.588. The normalized spacial score (nSPS) is 17.6. The molecule has 1 aromatic carbocycles. The van der Waals surface area contributed by atoms with Crippen LogP contribution in [-0.4, -0.2) is 22.2 Å². The van der Waals surface area contributed by atoms with E-state index >= 15 is 0 Å². The first kappa shape index (κ1) is 19.8. The molecule has 128 valence electrons. The summed E-state index contributed by atoms with van der Waals surface area (Å²) in [6.45, 7) is 4.09. The minimum absolute atomic E-state index is 0.169. The second-order valence-corrected chi connectivity index (χ2v) is 7.62. The molecule has 8 heteroatoms. The van der Waals surface area contributed by atoms with Crippen LogP contribution in [0.4, 0.5) is 5.69 Å². The maximum Gasteiger partial charge on any atom is 0.490 e. The second kappa shape index (κ2) is 8.22. The summed E-state index contributed by atoms with van der Waals surface area (Å²) >= 11 is 23.7. The molecule has 0 saturated heterocycles. The van der Waals surface area contributed by atoms with Crippen molar-refractivity contribution in [2.75, 3.05) is 5.32 Å². The lowest BCUT2D eigenvalue weighted by Gasteiger charge is -2.22.